The van der Waals surface area contributed by atoms with Gasteiger partial charge in [-0.1, -0.05) is 18.2 Å². The van der Waals surface area contributed by atoms with E-state index >= 15 is 0 Å². The monoisotopic (exact) mass is 198 g/mol. The molecule has 0 amide bonds. The van der Waals surface area contributed by atoms with E-state index in [4.69, 9.17) is 0 Å². The molecule has 0 bridgehead atoms. The maximum absolute atomic E-state index is 11.7. The van der Waals surface area contributed by atoms with Crippen molar-refractivity contribution < 1.29 is 0 Å². The molecule has 0 spiro atoms. The predicted octanol–water partition coefficient (Wildman–Crippen LogP) is 2.32. The van der Waals surface area contributed by atoms with Gasteiger partial charge in [0.05, 0.1) is 0 Å². The molecule has 3 heteroatoms. The van der Waals surface area contributed by atoms with E-state index < -0.39 is 0 Å². The van der Waals surface area contributed by atoms with Crippen LogP contribution >= 0.6 is 0 Å². The molecule has 74 valence electrons. The molecule has 0 saturated heterocycles. The molecule has 0 saturated carbocycles. The second kappa shape index (κ2) is 2.73. The largest absolute Gasteiger partial charge is 0.354 e. The van der Waals surface area contributed by atoms with Gasteiger partial charge in [-0.05, 0) is 19.1 Å². The van der Waals surface area contributed by atoms with Crippen LogP contribution in [0.4, 0.5) is 0 Å². The molecule has 0 atom stereocenters. The van der Waals surface area contributed by atoms with Gasteiger partial charge in [0.2, 0.25) is 0 Å². The van der Waals surface area contributed by atoms with E-state index in [2.05, 4.69) is 9.97 Å². The van der Waals surface area contributed by atoms with Crippen LogP contribution in [-0.2, 0) is 0 Å². The van der Waals surface area contributed by atoms with Crippen LogP contribution in [0.5, 0.6) is 0 Å². The van der Waals surface area contributed by atoms with Gasteiger partial charge < -0.3 is 9.97 Å². The van der Waals surface area contributed by atoms with Gasteiger partial charge in [-0.15, -0.1) is 0 Å². The van der Waals surface area contributed by atoms with Crippen molar-refractivity contribution in [1.29, 1.82) is 0 Å². The van der Waals surface area contributed by atoms with Gasteiger partial charge in [0.15, 0.2) is 0 Å². The molecule has 2 aromatic heterocycles. The average Bonchev–Trinajstić information content (AvgIpc) is 2.61. The van der Waals surface area contributed by atoms with E-state index in [0.29, 0.717) is 5.52 Å². The number of H-pyrrole nitrogens is 2. The van der Waals surface area contributed by atoms with Crippen molar-refractivity contribution in [2.24, 2.45) is 0 Å². The van der Waals surface area contributed by atoms with E-state index in [0.717, 1.165) is 22.0 Å². The predicted molar refractivity (Wildman–Crippen MR) is 61.2 cm³/mol. The number of benzene rings is 1. The molecule has 3 aromatic rings. The standard InChI is InChI=1S/C12H10N2O/c1-7-6-9-8-4-2-3-5-10(8)14-12(15)11(9)13-7/h2-6,13H,1H3,(H,14,15). The summed E-state index contributed by atoms with van der Waals surface area (Å²) in [6, 6.07) is 9.83. The van der Waals surface area contributed by atoms with Gasteiger partial charge in [0.25, 0.3) is 5.56 Å². The molecule has 0 unspecified atom stereocenters. The number of hydrogen-bond donors (Lipinski definition) is 2. The Kier molecular flexibility index (Phi) is 1.51. The summed E-state index contributed by atoms with van der Waals surface area (Å²) < 4.78 is 0. The van der Waals surface area contributed by atoms with E-state index in [-0.39, 0.29) is 5.56 Å². The van der Waals surface area contributed by atoms with Crippen molar-refractivity contribution in [3.8, 4) is 0 Å². The van der Waals surface area contributed by atoms with Gasteiger partial charge in [0, 0.05) is 22.0 Å². The van der Waals surface area contributed by atoms with E-state index in [1.807, 2.05) is 37.3 Å². The zero-order chi connectivity index (χ0) is 10.4. The summed E-state index contributed by atoms with van der Waals surface area (Å²) in [6.07, 6.45) is 0. The lowest BCUT2D eigenvalue weighted by Gasteiger charge is -1.97. The first kappa shape index (κ1) is 8.29. The fourth-order valence-electron chi connectivity index (χ4n) is 1.99. The number of para-hydroxylation sites is 1. The quantitative estimate of drug-likeness (QED) is 0.572. The minimum atomic E-state index is -0.0585. The molecule has 0 aliphatic rings. The maximum Gasteiger partial charge on any atom is 0.272 e. The van der Waals surface area contributed by atoms with Crippen molar-refractivity contribution >= 4 is 21.8 Å². The topological polar surface area (TPSA) is 48.6 Å². The van der Waals surface area contributed by atoms with E-state index in [1.165, 1.54) is 0 Å². The van der Waals surface area contributed by atoms with Crippen LogP contribution in [0.2, 0.25) is 0 Å². The van der Waals surface area contributed by atoms with Crippen molar-refractivity contribution in [3.63, 3.8) is 0 Å². The summed E-state index contributed by atoms with van der Waals surface area (Å²) in [6.45, 7) is 1.95. The number of hydrogen-bond acceptors (Lipinski definition) is 1. The fraction of sp³-hybridized carbons (Fsp3) is 0.0833. The first-order chi connectivity index (χ1) is 7.25. The second-order valence-electron chi connectivity index (χ2n) is 3.74. The minimum Gasteiger partial charge on any atom is -0.354 e. The molecule has 0 fully saturated rings. The molecule has 1 aromatic carbocycles. The highest BCUT2D eigenvalue weighted by Crippen LogP contribution is 2.21. The fourth-order valence-corrected chi connectivity index (χ4v) is 1.99. The Bertz CT molecular complexity index is 706. The molecule has 0 aliphatic carbocycles. The molecule has 15 heavy (non-hydrogen) atoms. The summed E-state index contributed by atoms with van der Waals surface area (Å²) in [7, 11) is 0. The third-order valence-corrected chi connectivity index (χ3v) is 2.64. The molecule has 3 rings (SSSR count). The number of pyridine rings is 1. The normalized spacial score (nSPS) is 11.3. The Labute approximate surface area is 85.8 Å². The first-order valence-corrected chi connectivity index (χ1v) is 4.86. The van der Waals surface area contributed by atoms with Gasteiger partial charge in [-0.25, -0.2) is 0 Å². The number of aromatic amines is 2. The van der Waals surface area contributed by atoms with Crippen LogP contribution in [0.15, 0.2) is 35.1 Å². The van der Waals surface area contributed by atoms with Crippen LogP contribution in [0, 0.1) is 6.92 Å². The third-order valence-electron chi connectivity index (χ3n) is 2.64. The highest BCUT2D eigenvalue weighted by atomic mass is 16.1. The second-order valence-corrected chi connectivity index (χ2v) is 3.74. The number of nitrogens with one attached hydrogen (secondary N) is 2. The number of fused-ring (bicyclic) bond motifs is 3. The summed E-state index contributed by atoms with van der Waals surface area (Å²) in [5.74, 6) is 0. The van der Waals surface area contributed by atoms with Crippen molar-refractivity contribution in [2.75, 3.05) is 0 Å². The SMILES string of the molecule is Cc1cc2c([nH]1)c(=O)[nH]c1ccccc12. The van der Waals surface area contributed by atoms with Crippen molar-refractivity contribution in [2.45, 2.75) is 6.92 Å². The van der Waals surface area contributed by atoms with Gasteiger partial charge in [-0.3, -0.25) is 4.79 Å². The van der Waals surface area contributed by atoms with Crippen LogP contribution in [0.25, 0.3) is 21.8 Å². The molecule has 2 N–H and O–H groups in total. The smallest absolute Gasteiger partial charge is 0.272 e. The number of rotatable bonds is 0. The maximum atomic E-state index is 11.7. The zero-order valence-corrected chi connectivity index (χ0v) is 8.29. The average molecular weight is 198 g/mol. The lowest BCUT2D eigenvalue weighted by atomic mass is 10.1. The Balaban J connectivity index is 2.69. The Morgan fingerprint density at radius 1 is 1.07 bits per heavy atom. The first-order valence-electron chi connectivity index (χ1n) is 4.86. The highest BCUT2D eigenvalue weighted by molar-refractivity contribution is 6.04. The number of aryl methyl sites for hydroxylation is 1. The zero-order valence-electron chi connectivity index (χ0n) is 8.29. The molecule has 0 aliphatic heterocycles. The van der Waals surface area contributed by atoms with Gasteiger partial charge >= 0.3 is 0 Å². The lowest BCUT2D eigenvalue weighted by Crippen LogP contribution is -2.05. The summed E-state index contributed by atoms with van der Waals surface area (Å²) in [4.78, 5) is 17.7. The van der Waals surface area contributed by atoms with E-state index in [1.54, 1.807) is 0 Å². The van der Waals surface area contributed by atoms with Gasteiger partial charge in [-0.2, -0.15) is 0 Å². The van der Waals surface area contributed by atoms with Crippen LogP contribution in [0.3, 0.4) is 0 Å². The summed E-state index contributed by atoms with van der Waals surface area (Å²) in [5, 5.41) is 2.07. The molecular formula is C12H10N2O. The molecule has 3 nitrogen and oxygen atoms in total. The Morgan fingerprint density at radius 3 is 2.73 bits per heavy atom. The molecule has 0 radical (unpaired) electrons. The summed E-state index contributed by atoms with van der Waals surface area (Å²) >= 11 is 0. The summed E-state index contributed by atoms with van der Waals surface area (Å²) in [5.41, 5.74) is 2.49. The van der Waals surface area contributed by atoms with E-state index in [9.17, 15) is 4.79 Å². The Morgan fingerprint density at radius 2 is 1.87 bits per heavy atom. The van der Waals surface area contributed by atoms with Crippen LogP contribution < -0.4 is 5.56 Å². The highest BCUT2D eigenvalue weighted by Gasteiger charge is 2.06. The van der Waals surface area contributed by atoms with Crippen molar-refractivity contribution in [1.82, 2.24) is 9.97 Å². The minimum absolute atomic E-state index is 0.0585. The lowest BCUT2D eigenvalue weighted by molar-refractivity contribution is 1.26. The molecular weight excluding hydrogens is 188 g/mol. The van der Waals surface area contributed by atoms with Crippen molar-refractivity contribution in [3.05, 3.63) is 46.4 Å². The molecule has 2 heterocycles. The van der Waals surface area contributed by atoms with Gasteiger partial charge in [0.1, 0.15) is 5.52 Å². The number of aromatic nitrogens is 2. The van der Waals surface area contributed by atoms with Crippen LogP contribution in [-0.4, -0.2) is 9.97 Å². The Hall–Kier alpha value is -2.03. The third kappa shape index (κ3) is 1.09. The van der Waals surface area contributed by atoms with Crippen LogP contribution in [0.1, 0.15) is 5.69 Å².